The minimum atomic E-state index is -6.05. The van der Waals surface area contributed by atoms with Crippen molar-refractivity contribution in [3.8, 4) is 0 Å². The van der Waals surface area contributed by atoms with E-state index < -0.39 is 35.7 Å². The van der Waals surface area contributed by atoms with E-state index in [4.69, 9.17) is 17.3 Å². The highest BCUT2D eigenvalue weighted by Gasteiger charge is 2.62. The second-order valence-corrected chi connectivity index (χ2v) is 5.65. The summed E-state index contributed by atoms with van der Waals surface area (Å²) in [4.78, 5) is 2.63. The number of benzene rings is 1. The summed E-state index contributed by atoms with van der Waals surface area (Å²) in [5, 5.41) is -1.39. The maximum absolute atomic E-state index is 13.4. The highest BCUT2D eigenvalue weighted by atomic mass is 35.5. The van der Waals surface area contributed by atoms with Crippen molar-refractivity contribution in [3.05, 3.63) is 41.0 Å². The normalized spacial score (nSPS) is 13.3. The Morgan fingerprint density at radius 1 is 1.12 bits per heavy atom. The van der Waals surface area contributed by atoms with E-state index in [-0.39, 0.29) is 10.2 Å². The molecule has 0 aliphatic rings. The van der Waals surface area contributed by atoms with Gasteiger partial charge in [0.25, 0.3) is 0 Å². The van der Waals surface area contributed by atoms with Gasteiger partial charge in [-0.25, -0.2) is 9.67 Å². The first-order chi connectivity index (χ1) is 11.2. The number of hydrogen-bond acceptors (Lipinski definition) is 3. The van der Waals surface area contributed by atoms with Crippen molar-refractivity contribution in [3.63, 3.8) is 0 Å². The zero-order valence-electron chi connectivity index (χ0n) is 12.4. The van der Waals surface area contributed by atoms with Crippen LogP contribution in [0.25, 0.3) is 0 Å². The van der Waals surface area contributed by atoms with E-state index in [0.717, 1.165) is 0 Å². The summed E-state index contributed by atoms with van der Waals surface area (Å²) >= 11 is 4.76. The van der Waals surface area contributed by atoms with Crippen molar-refractivity contribution in [1.82, 2.24) is 14.8 Å². The monoisotopic (exact) mass is 390 g/mol. The molecule has 25 heavy (non-hydrogen) atoms. The van der Waals surface area contributed by atoms with Gasteiger partial charge in [-0.2, -0.15) is 30.7 Å². The lowest BCUT2D eigenvalue weighted by atomic mass is 10.1. The van der Waals surface area contributed by atoms with Crippen molar-refractivity contribution < 1.29 is 30.7 Å². The first-order valence-corrected chi connectivity index (χ1v) is 6.93. The number of halogens is 8. The van der Waals surface area contributed by atoms with Gasteiger partial charge >= 0.3 is 17.5 Å². The van der Waals surface area contributed by atoms with E-state index in [1.54, 1.807) is 6.92 Å². The minimum Gasteiger partial charge on any atom is -0.399 e. The van der Waals surface area contributed by atoms with Gasteiger partial charge in [0.15, 0.2) is 0 Å². The number of alkyl halides is 8. The molecule has 0 amide bonds. The van der Waals surface area contributed by atoms with E-state index in [1.165, 1.54) is 18.2 Å². The van der Waals surface area contributed by atoms with Crippen LogP contribution >= 0.6 is 11.6 Å². The first kappa shape index (κ1) is 19.3. The van der Waals surface area contributed by atoms with Crippen LogP contribution in [0, 0.1) is 6.92 Å². The first-order valence-electron chi connectivity index (χ1n) is 6.55. The Kier molecular flexibility index (Phi) is 4.66. The fourth-order valence-electron chi connectivity index (χ4n) is 1.93. The topological polar surface area (TPSA) is 56.7 Å². The van der Waals surface area contributed by atoms with Gasteiger partial charge in [-0.3, -0.25) is 0 Å². The third-order valence-corrected chi connectivity index (χ3v) is 3.40. The second kappa shape index (κ2) is 6.04. The number of anilines is 1. The zero-order valence-corrected chi connectivity index (χ0v) is 13.1. The van der Waals surface area contributed by atoms with Crippen LogP contribution < -0.4 is 5.73 Å². The Morgan fingerprint density at radius 3 is 2.20 bits per heavy atom. The molecule has 0 saturated heterocycles. The molecule has 0 unspecified atom stereocenters. The van der Waals surface area contributed by atoms with Crippen molar-refractivity contribution >= 4 is 17.3 Å². The van der Waals surface area contributed by atoms with Gasteiger partial charge in [-0.15, -0.1) is 5.10 Å². The maximum Gasteiger partial charge on any atom is 0.461 e. The Hall–Kier alpha value is -2.04. The summed E-state index contributed by atoms with van der Waals surface area (Å²) < 4.78 is 90.8. The maximum atomic E-state index is 13.4. The lowest BCUT2D eigenvalue weighted by molar-refractivity contribution is -0.292. The molecule has 0 spiro atoms. The molecule has 0 atom stereocenters. The average molecular weight is 391 g/mol. The molecule has 0 aliphatic carbocycles. The number of nitrogens with two attached hydrogens (primary N) is 1. The zero-order chi connectivity index (χ0) is 19.2. The summed E-state index contributed by atoms with van der Waals surface area (Å²) in [6.45, 7) is 1.04. The van der Waals surface area contributed by atoms with Crippen LogP contribution in [0.15, 0.2) is 18.2 Å². The summed E-state index contributed by atoms with van der Waals surface area (Å²) in [7, 11) is 0. The third-order valence-electron chi connectivity index (χ3n) is 3.23. The molecule has 1 aromatic carbocycles. The fourth-order valence-corrected chi connectivity index (χ4v) is 2.07. The van der Waals surface area contributed by atoms with Crippen LogP contribution in [0.4, 0.5) is 36.4 Å². The molecule has 12 heteroatoms. The van der Waals surface area contributed by atoms with E-state index in [1.807, 2.05) is 0 Å². The Morgan fingerprint density at radius 2 is 1.72 bits per heavy atom. The second-order valence-electron chi connectivity index (χ2n) is 5.18. The molecular weight excluding hydrogens is 381 g/mol. The molecule has 2 aromatic rings. The van der Waals surface area contributed by atoms with E-state index >= 15 is 0 Å². The van der Waals surface area contributed by atoms with Crippen molar-refractivity contribution in [2.75, 3.05) is 5.73 Å². The van der Waals surface area contributed by atoms with Crippen LogP contribution in [0.5, 0.6) is 0 Å². The van der Waals surface area contributed by atoms with Crippen LogP contribution in [0.3, 0.4) is 0 Å². The largest absolute Gasteiger partial charge is 0.461 e. The molecule has 1 heterocycles. The lowest BCUT2D eigenvalue weighted by Crippen LogP contribution is -2.35. The Balaban J connectivity index is 2.51. The molecule has 0 fully saturated rings. The van der Waals surface area contributed by atoms with E-state index in [0.29, 0.717) is 11.3 Å². The highest BCUT2D eigenvalue weighted by molar-refractivity contribution is 6.21. The summed E-state index contributed by atoms with van der Waals surface area (Å²) in [6.07, 6.45) is -6.05. The third kappa shape index (κ3) is 3.80. The molecule has 2 N–H and O–H groups in total. The number of aromatic nitrogens is 3. The number of hydrogen-bond donors (Lipinski definition) is 1. The molecule has 1 aromatic heterocycles. The number of aryl methyl sites for hydroxylation is 1. The summed E-state index contributed by atoms with van der Waals surface area (Å²) in [5.41, 5.74) is 6.81. The SMILES string of the molecule is Cc1cc(Cn2nc(C(F)(F)C(F)(F)F)nc2C(F)(F)Cl)ccc1N. The van der Waals surface area contributed by atoms with E-state index in [9.17, 15) is 30.7 Å². The lowest BCUT2D eigenvalue weighted by Gasteiger charge is -2.15. The molecule has 0 radical (unpaired) electrons. The minimum absolute atomic E-state index is 0.201. The molecule has 0 aliphatic heterocycles. The Bertz CT molecular complexity index is 780. The van der Waals surface area contributed by atoms with Gasteiger partial charge in [0.05, 0.1) is 6.54 Å². The predicted octanol–water partition coefficient (Wildman–Crippen LogP) is 4.16. The van der Waals surface area contributed by atoms with Crippen LogP contribution in [0.1, 0.15) is 22.8 Å². The van der Waals surface area contributed by atoms with Crippen LogP contribution in [-0.2, 0) is 17.8 Å². The molecule has 138 valence electrons. The van der Waals surface area contributed by atoms with Gasteiger partial charge in [-0.1, -0.05) is 12.1 Å². The van der Waals surface area contributed by atoms with Crippen molar-refractivity contribution in [1.29, 1.82) is 0 Å². The molecule has 0 saturated carbocycles. The van der Waals surface area contributed by atoms with E-state index in [2.05, 4.69) is 10.1 Å². The predicted molar refractivity (Wildman–Crippen MR) is 74.4 cm³/mol. The number of rotatable bonds is 4. The average Bonchev–Trinajstić information content (AvgIpc) is 2.86. The van der Waals surface area contributed by atoms with Crippen LogP contribution in [-0.4, -0.2) is 20.9 Å². The Labute approximate surface area is 141 Å². The van der Waals surface area contributed by atoms with Crippen molar-refractivity contribution in [2.24, 2.45) is 0 Å². The van der Waals surface area contributed by atoms with Gasteiger partial charge in [0.2, 0.25) is 11.6 Å². The standard InChI is InChI=1S/C13H10ClF7N4/c1-6-4-7(2-3-8(6)22)5-25-10(12(14,17)18)23-9(24-25)11(15,16)13(19,20)21/h2-4H,5,22H2,1H3. The molecular formula is C13H10ClF7N4. The molecule has 2 rings (SSSR count). The summed E-state index contributed by atoms with van der Waals surface area (Å²) in [6, 6.07) is 4.24. The quantitative estimate of drug-likeness (QED) is 0.484. The van der Waals surface area contributed by atoms with Crippen LogP contribution in [0.2, 0.25) is 0 Å². The number of nitrogen functional groups attached to an aromatic ring is 1. The molecule has 0 bridgehead atoms. The fraction of sp³-hybridized carbons (Fsp3) is 0.385. The van der Waals surface area contributed by atoms with Gasteiger partial charge in [0, 0.05) is 5.69 Å². The summed E-state index contributed by atoms with van der Waals surface area (Å²) in [5.74, 6) is -9.14. The molecule has 4 nitrogen and oxygen atoms in total. The van der Waals surface area contributed by atoms with Crippen molar-refractivity contribution in [2.45, 2.75) is 30.9 Å². The number of nitrogens with zero attached hydrogens (tertiary/aromatic N) is 3. The van der Waals surface area contributed by atoms with Gasteiger partial charge in [-0.05, 0) is 35.7 Å². The smallest absolute Gasteiger partial charge is 0.399 e. The van der Waals surface area contributed by atoms with Gasteiger partial charge < -0.3 is 5.73 Å². The highest BCUT2D eigenvalue weighted by Crippen LogP contribution is 2.43. The van der Waals surface area contributed by atoms with Gasteiger partial charge in [0.1, 0.15) is 0 Å².